The van der Waals surface area contributed by atoms with E-state index in [-0.39, 0.29) is 11.9 Å². The molecule has 0 radical (unpaired) electrons. The smallest absolute Gasteiger partial charge is 0.345 e. The quantitative estimate of drug-likeness (QED) is 0.199. The summed E-state index contributed by atoms with van der Waals surface area (Å²) >= 11 is 0. The van der Waals surface area contributed by atoms with E-state index >= 15 is 0 Å². The molecule has 2 aromatic carbocycles. The van der Waals surface area contributed by atoms with E-state index in [4.69, 9.17) is 0 Å². The number of aromatic nitrogens is 2. The molecule has 1 aliphatic rings. The molecule has 1 aliphatic heterocycles. The summed E-state index contributed by atoms with van der Waals surface area (Å²) in [7, 11) is 1.99. The van der Waals surface area contributed by atoms with E-state index in [1.165, 1.54) is 23.8 Å². The highest BCUT2D eigenvalue weighted by atomic mass is 19.4. The van der Waals surface area contributed by atoms with Gasteiger partial charge in [0.15, 0.2) is 0 Å². The number of hydrogen-bond acceptors (Lipinski definition) is 5. The number of rotatable bonds is 9. The number of benzene rings is 2. The molecule has 4 aromatic rings. The lowest BCUT2D eigenvalue weighted by Crippen LogP contribution is -2.46. The lowest BCUT2D eigenvalue weighted by molar-refractivity contribution is -0.141. The second kappa shape index (κ2) is 13.6. The Hall–Kier alpha value is -4.50. The fraction of sp³-hybridized carbons (Fsp3) is 0.265. The summed E-state index contributed by atoms with van der Waals surface area (Å²) in [5.41, 5.74) is 3.76. The first-order valence-corrected chi connectivity index (χ1v) is 14.3. The molecule has 0 atom stereocenters. The van der Waals surface area contributed by atoms with Gasteiger partial charge in [-0.2, -0.15) is 13.2 Å². The molecule has 2 aromatic heterocycles. The molecule has 43 heavy (non-hydrogen) atoms. The third-order valence-corrected chi connectivity index (χ3v) is 7.75. The summed E-state index contributed by atoms with van der Waals surface area (Å²) in [4.78, 5) is 27.5. The van der Waals surface area contributed by atoms with Gasteiger partial charge in [-0.25, -0.2) is 0 Å². The maximum Gasteiger partial charge on any atom is 0.433 e. The summed E-state index contributed by atoms with van der Waals surface area (Å²) in [6.07, 6.45) is 4.76. The van der Waals surface area contributed by atoms with E-state index in [9.17, 15) is 18.0 Å². The minimum Gasteiger partial charge on any atom is -0.345 e. The van der Waals surface area contributed by atoms with Crippen LogP contribution in [0.1, 0.15) is 35.2 Å². The number of carbonyl (C=O) groups excluding carboxylic acids is 1. The molecule has 0 aliphatic carbocycles. The molecule has 0 saturated carbocycles. The monoisotopic (exact) mass is 585 g/mol. The van der Waals surface area contributed by atoms with Crippen molar-refractivity contribution < 1.29 is 18.0 Å². The van der Waals surface area contributed by atoms with Crippen molar-refractivity contribution in [3.63, 3.8) is 0 Å². The van der Waals surface area contributed by atoms with Gasteiger partial charge in [0.1, 0.15) is 5.69 Å². The zero-order valence-corrected chi connectivity index (χ0v) is 24.0. The van der Waals surface area contributed by atoms with E-state index in [2.05, 4.69) is 31.9 Å². The van der Waals surface area contributed by atoms with Crippen molar-refractivity contribution >= 4 is 23.4 Å². The van der Waals surface area contributed by atoms with Crippen LogP contribution in [0.4, 0.5) is 24.5 Å². The number of carbonyl (C=O) groups is 1. The largest absolute Gasteiger partial charge is 0.433 e. The van der Waals surface area contributed by atoms with Gasteiger partial charge in [-0.1, -0.05) is 48.5 Å². The van der Waals surface area contributed by atoms with Crippen molar-refractivity contribution in [2.24, 2.45) is 0 Å². The van der Waals surface area contributed by atoms with Crippen LogP contribution in [0.2, 0.25) is 0 Å². The second-order valence-corrected chi connectivity index (χ2v) is 10.7. The summed E-state index contributed by atoms with van der Waals surface area (Å²) < 4.78 is 38.7. The third-order valence-electron chi connectivity index (χ3n) is 7.75. The Balaban J connectivity index is 1.30. The molecule has 3 heterocycles. The number of anilines is 2. The first-order chi connectivity index (χ1) is 20.8. The average Bonchev–Trinajstić information content (AvgIpc) is 3.03. The van der Waals surface area contributed by atoms with Crippen LogP contribution in [0.5, 0.6) is 0 Å². The van der Waals surface area contributed by atoms with Crippen molar-refractivity contribution in [3.8, 4) is 0 Å². The van der Waals surface area contributed by atoms with Crippen LogP contribution in [0.15, 0.2) is 104 Å². The van der Waals surface area contributed by atoms with Crippen LogP contribution in [0, 0.1) is 0 Å². The average molecular weight is 586 g/mol. The van der Waals surface area contributed by atoms with Gasteiger partial charge >= 0.3 is 6.18 Å². The molecule has 222 valence electrons. The first-order valence-electron chi connectivity index (χ1n) is 14.3. The Morgan fingerprint density at radius 1 is 0.907 bits per heavy atom. The van der Waals surface area contributed by atoms with Gasteiger partial charge in [0.05, 0.1) is 0 Å². The zero-order valence-electron chi connectivity index (χ0n) is 24.0. The number of likely N-dealkylation sites (tertiary alicyclic amines) is 1. The van der Waals surface area contributed by atoms with Crippen LogP contribution < -0.4 is 4.90 Å². The van der Waals surface area contributed by atoms with Crippen molar-refractivity contribution in [2.75, 3.05) is 25.0 Å². The molecular formula is C34H34F3N5O. The second-order valence-electron chi connectivity index (χ2n) is 10.7. The van der Waals surface area contributed by atoms with Crippen LogP contribution >= 0.6 is 0 Å². The predicted molar refractivity (Wildman–Crippen MR) is 162 cm³/mol. The molecule has 1 saturated heterocycles. The van der Waals surface area contributed by atoms with Gasteiger partial charge in [0.2, 0.25) is 5.91 Å². The van der Waals surface area contributed by atoms with Gasteiger partial charge in [-0.3, -0.25) is 19.7 Å². The Morgan fingerprint density at radius 3 is 2.21 bits per heavy atom. The Morgan fingerprint density at radius 2 is 1.58 bits per heavy atom. The van der Waals surface area contributed by atoms with Gasteiger partial charge < -0.3 is 9.80 Å². The molecule has 1 amide bonds. The first kappa shape index (κ1) is 30.0. The van der Waals surface area contributed by atoms with Crippen molar-refractivity contribution in [1.82, 2.24) is 19.8 Å². The fourth-order valence-corrected chi connectivity index (χ4v) is 5.29. The zero-order chi connectivity index (χ0) is 30.2. The lowest BCUT2D eigenvalue weighted by Gasteiger charge is -2.38. The molecule has 0 bridgehead atoms. The third kappa shape index (κ3) is 8.08. The number of piperidine rings is 1. The molecule has 9 heteroatoms. The number of pyridine rings is 2. The number of hydrogen-bond donors (Lipinski definition) is 0. The number of alkyl halides is 3. The summed E-state index contributed by atoms with van der Waals surface area (Å²) in [6, 6.07) is 24.6. The van der Waals surface area contributed by atoms with E-state index in [1.54, 1.807) is 12.4 Å². The van der Waals surface area contributed by atoms with Crippen LogP contribution in [0.3, 0.4) is 0 Å². The van der Waals surface area contributed by atoms with E-state index in [0.29, 0.717) is 12.1 Å². The van der Waals surface area contributed by atoms with E-state index in [0.717, 1.165) is 61.7 Å². The highest BCUT2D eigenvalue weighted by Crippen LogP contribution is 2.28. The van der Waals surface area contributed by atoms with Gasteiger partial charge in [-0.05, 0) is 65.9 Å². The minimum atomic E-state index is -4.51. The molecule has 6 nitrogen and oxygen atoms in total. The molecule has 0 N–H and O–H groups in total. The van der Waals surface area contributed by atoms with Gasteiger partial charge in [-0.15, -0.1) is 0 Å². The number of halogens is 3. The van der Waals surface area contributed by atoms with Crippen molar-refractivity contribution in [3.05, 3.63) is 126 Å². The SMILES string of the molecule is CN(c1ccncc1)c1ccc(CN(C(=O)/C=C/c2ccc(C(F)(F)F)nc2)C2CCN(Cc3ccccc3)CC2)cc1. The molecular weight excluding hydrogens is 551 g/mol. The highest BCUT2D eigenvalue weighted by molar-refractivity contribution is 5.92. The lowest BCUT2D eigenvalue weighted by atomic mass is 10.0. The highest BCUT2D eigenvalue weighted by Gasteiger charge is 2.32. The number of nitrogens with zero attached hydrogens (tertiary/aromatic N) is 5. The molecule has 1 fully saturated rings. The minimum absolute atomic E-state index is 0.0362. The van der Waals surface area contributed by atoms with Crippen LogP contribution in [0.25, 0.3) is 6.08 Å². The van der Waals surface area contributed by atoms with E-state index in [1.807, 2.05) is 66.5 Å². The Kier molecular flexibility index (Phi) is 9.51. The molecule has 0 unspecified atom stereocenters. The summed E-state index contributed by atoms with van der Waals surface area (Å²) in [6.45, 7) is 3.03. The van der Waals surface area contributed by atoms with Crippen LogP contribution in [-0.2, 0) is 24.1 Å². The molecule has 0 spiro atoms. The predicted octanol–water partition coefficient (Wildman–Crippen LogP) is 6.97. The summed E-state index contributed by atoms with van der Waals surface area (Å²) in [5.74, 6) is -0.181. The van der Waals surface area contributed by atoms with Gasteiger partial charge in [0, 0.05) is 75.3 Å². The van der Waals surface area contributed by atoms with Gasteiger partial charge in [0.25, 0.3) is 0 Å². The molecule has 5 rings (SSSR count). The van der Waals surface area contributed by atoms with Crippen molar-refractivity contribution in [1.29, 1.82) is 0 Å². The number of amides is 1. The Bertz CT molecular complexity index is 1490. The Labute approximate surface area is 250 Å². The standard InChI is InChI=1S/C34H34F3N5O/c1-40(30-15-19-38-20-16-30)29-11-7-28(8-12-29)25-42(31-17-21-41(22-18-31)24-27-5-3-2-4-6-27)33(43)14-10-26-9-13-32(39-23-26)34(35,36)37/h2-16,19-20,23,31H,17-18,21-22,24-25H2,1H3/b14-10+. The van der Waals surface area contributed by atoms with E-state index < -0.39 is 11.9 Å². The van der Waals surface area contributed by atoms with Crippen LogP contribution in [-0.4, -0.2) is 51.9 Å². The topological polar surface area (TPSA) is 52.6 Å². The maximum absolute atomic E-state index is 13.6. The maximum atomic E-state index is 13.6. The van der Waals surface area contributed by atoms with Crippen molar-refractivity contribution in [2.45, 2.75) is 38.1 Å². The summed E-state index contributed by atoms with van der Waals surface area (Å²) in [5, 5.41) is 0. The fourth-order valence-electron chi connectivity index (χ4n) is 5.29. The normalized spacial score (nSPS) is 14.6.